The van der Waals surface area contributed by atoms with Crippen LogP contribution in [-0.2, 0) is 15.1 Å². The van der Waals surface area contributed by atoms with Gasteiger partial charge in [-0.1, -0.05) is 64.6 Å². The van der Waals surface area contributed by atoms with Crippen molar-refractivity contribution in [1.82, 2.24) is 0 Å². The number of carbonyl (C=O) groups is 1. The maximum absolute atomic E-state index is 14.6. The molecule has 2 aromatic carbocycles. The molecule has 0 aliphatic rings. The largest absolute Gasteiger partial charge is 0.446 e. The first-order chi connectivity index (χ1) is 13.3. The molecule has 0 heterocycles. The Bertz CT molecular complexity index is 930. The van der Waals surface area contributed by atoms with E-state index >= 15 is 0 Å². The quantitative estimate of drug-likeness (QED) is 0.138. The van der Waals surface area contributed by atoms with E-state index in [2.05, 4.69) is 6.58 Å². The average molecular weight is 514 g/mol. The van der Waals surface area contributed by atoms with Crippen LogP contribution in [0.2, 0.25) is 25.1 Å². The second-order valence-electron chi connectivity index (χ2n) is 5.55. The van der Waals surface area contributed by atoms with Gasteiger partial charge in [-0.2, -0.15) is 0 Å². The van der Waals surface area contributed by atoms with Crippen LogP contribution >= 0.6 is 58.0 Å². The minimum Gasteiger partial charge on any atom is -0.446 e. The molecule has 0 aromatic heterocycles. The molecule has 12 heteroatoms. The number of carbonyl (C=O) groups excluding carboxylic acids is 1. The van der Waals surface area contributed by atoms with Crippen LogP contribution in [-0.4, -0.2) is 5.97 Å². The number of halogens is 10. The third kappa shape index (κ3) is 3.79. The molecule has 2 nitrogen and oxygen atoms in total. The Balaban J connectivity index is 3.10. The van der Waals surface area contributed by atoms with E-state index in [1.165, 1.54) is 0 Å². The number of esters is 1. The van der Waals surface area contributed by atoms with Gasteiger partial charge in [-0.15, -0.1) is 0 Å². The van der Waals surface area contributed by atoms with E-state index in [1.807, 2.05) is 0 Å². The normalized spacial score (nSPS) is 13.2. The van der Waals surface area contributed by atoms with Crippen LogP contribution < -0.4 is 0 Å². The summed E-state index contributed by atoms with van der Waals surface area (Å²) in [4.78, 5) is 11.9. The zero-order valence-corrected chi connectivity index (χ0v) is 17.7. The van der Waals surface area contributed by atoms with E-state index in [1.54, 1.807) is 0 Å². The van der Waals surface area contributed by atoms with Gasteiger partial charge in [0.2, 0.25) is 5.82 Å². The maximum Gasteiger partial charge on any atom is 0.331 e. The highest BCUT2D eigenvalue weighted by Crippen LogP contribution is 2.51. The van der Waals surface area contributed by atoms with Gasteiger partial charge in [0.25, 0.3) is 0 Å². The molecule has 29 heavy (non-hydrogen) atoms. The summed E-state index contributed by atoms with van der Waals surface area (Å²) in [6.45, 7) is 3.89. The lowest BCUT2D eigenvalue weighted by molar-refractivity contribution is -0.149. The topological polar surface area (TPSA) is 26.3 Å². The highest BCUT2D eigenvalue weighted by molar-refractivity contribution is 6.55. The van der Waals surface area contributed by atoms with Crippen LogP contribution in [0.4, 0.5) is 22.0 Å². The molecule has 1 unspecified atom stereocenters. The number of hydrogen-bond donors (Lipinski definition) is 0. The Kier molecular flexibility index (Phi) is 7.02. The molecule has 156 valence electrons. The predicted octanol–water partition coefficient (Wildman–Crippen LogP) is 7.64. The lowest BCUT2D eigenvalue weighted by Crippen LogP contribution is -2.34. The van der Waals surface area contributed by atoms with Crippen molar-refractivity contribution >= 4 is 64.0 Å². The monoisotopic (exact) mass is 512 g/mol. The molecule has 0 spiro atoms. The summed E-state index contributed by atoms with van der Waals surface area (Å²) < 4.78 is 75.2. The van der Waals surface area contributed by atoms with Crippen molar-refractivity contribution < 1.29 is 31.5 Å². The first kappa shape index (κ1) is 24.0. The average Bonchev–Trinajstić information content (AvgIpc) is 2.67. The molecule has 1 atom stereocenters. The summed E-state index contributed by atoms with van der Waals surface area (Å²) >= 11 is 29.8. The van der Waals surface area contributed by atoms with Crippen LogP contribution in [0.25, 0.3) is 0 Å². The standard InChI is InChI=1S/C17H6Cl5F5O2/c1-3-4(28)29-17(2,5-7(18)9(20)11(22)10(21)8(5)19)6-12(23)14(25)16(27)15(26)13(6)24/h3H,1H2,2H3. The predicted molar refractivity (Wildman–Crippen MR) is 100 cm³/mol. The van der Waals surface area contributed by atoms with E-state index in [-0.39, 0.29) is 5.02 Å². The second kappa shape index (κ2) is 8.47. The Hall–Kier alpha value is -1.25. The molecule has 0 fully saturated rings. The summed E-state index contributed by atoms with van der Waals surface area (Å²) in [5, 5.41) is -2.50. The SMILES string of the molecule is C=CC(=O)OC(C)(c1c(F)c(F)c(F)c(F)c1F)c1c(Cl)c(Cl)c(Cl)c(Cl)c1Cl. The second-order valence-corrected chi connectivity index (χ2v) is 7.44. The summed E-state index contributed by atoms with van der Waals surface area (Å²) in [5.41, 5.74) is -5.03. The minimum absolute atomic E-state index is 0.359. The zero-order chi connectivity index (χ0) is 22.4. The maximum atomic E-state index is 14.6. The fourth-order valence-corrected chi connectivity index (χ4v) is 4.02. The van der Waals surface area contributed by atoms with Crippen molar-refractivity contribution in [1.29, 1.82) is 0 Å². The molecular formula is C17H6Cl5F5O2. The van der Waals surface area contributed by atoms with Crippen LogP contribution in [0.15, 0.2) is 12.7 Å². The van der Waals surface area contributed by atoms with Crippen molar-refractivity contribution in [3.8, 4) is 0 Å². The number of rotatable bonds is 4. The summed E-state index contributed by atoms with van der Waals surface area (Å²) in [7, 11) is 0. The molecule has 0 saturated carbocycles. The van der Waals surface area contributed by atoms with Crippen LogP contribution in [0.3, 0.4) is 0 Å². The van der Waals surface area contributed by atoms with E-state index in [4.69, 9.17) is 62.7 Å². The fraction of sp³-hybridized carbons (Fsp3) is 0.118. The fourth-order valence-electron chi connectivity index (χ4n) is 2.52. The van der Waals surface area contributed by atoms with Crippen molar-refractivity contribution in [2.45, 2.75) is 12.5 Å². The van der Waals surface area contributed by atoms with Crippen molar-refractivity contribution in [2.75, 3.05) is 0 Å². The number of hydrogen-bond acceptors (Lipinski definition) is 2. The molecule has 0 aliphatic carbocycles. The zero-order valence-electron chi connectivity index (χ0n) is 13.9. The van der Waals surface area contributed by atoms with Crippen LogP contribution in [0, 0.1) is 29.1 Å². The molecule has 0 aliphatic heterocycles. The van der Waals surface area contributed by atoms with Gasteiger partial charge in [0.15, 0.2) is 28.9 Å². The van der Waals surface area contributed by atoms with E-state index in [0.29, 0.717) is 6.08 Å². The van der Waals surface area contributed by atoms with Gasteiger partial charge >= 0.3 is 5.97 Å². The first-order valence-corrected chi connectivity index (χ1v) is 9.09. The third-order valence-corrected chi connectivity index (χ3v) is 6.12. The molecule has 2 rings (SSSR count). The highest BCUT2D eigenvalue weighted by atomic mass is 35.5. The van der Waals surface area contributed by atoms with Crippen molar-refractivity contribution in [3.63, 3.8) is 0 Å². The molecule has 0 amide bonds. The summed E-state index contributed by atoms with van der Waals surface area (Å²) in [5.74, 6) is -12.9. The Morgan fingerprint density at radius 3 is 1.48 bits per heavy atom. The number of benzene rings is 2. The molecule has 0 saturated heterocycles. The van der Waals surface area contributed by atoms with Crippen molar-refractivity contribution in [3.05, 3.63) is 78.0 Å². The molecule has 0 radical (unpaired) electrons. The number of ether oxygens (including phenoxy) is 1. The van der Waals surface area contributed by atoms with E-state index < -0.39 is 71.9 Å². The van der Waals surface area contributed by atoms with E-state index in [0.717, 1.165) is 6.92 Å². The van der Waals surface area contributed by atoms with E-state index in [9.17, 15) is 26.7 Å². The van der Waals surface area contributed by atoms with Gasteiger partial charge in [0, 0.05) is 11.6 Å². The lowest BCUT2D eigenvalue weighted by Gasteiger charge is -2.33. The Morgan fingerprint density at radius 1 is 0.759 bits per heavy atom. The van der Waals surface area contributed by atoms with Crippen molar-refractivity contribution in [2.24, 2.45) is 0 Å². The third-order valence-electron chi connectivity index (χ3n) is 3.85. The van der Waals surface area contributed by atoms with Gasteiger partial charge in [-0.3, -0.25) is 0 Å². The molecule has 2 aromatic rings. The van der Waals surface area contributed by atoms with Gasteiger partial charge in [-0.05, 0) is 6.92 Å². The van der Waals surface area contributed by atoms with Gasteiger partial charge in [0.1, 0.15) is 0 Å². The Labute approximate surface area is 185 Å². The van der Waals surface area contributed by atoms with Crippen LogP contribution in [0.5, 0.6) is 0 Å². The minimum atomic E-state index is -2.79. The van der Waals surface area contributed by atoms with Gasteiger partial charge in [-0.25, -0.2) is 26.7 Å². The Morgan fingerprint density at radius 2 is 1.10 bits per heavy atom. The molecule has 0 N–H and O–H groups in total. The smallest absolute Gasteiger partial charge is 0.331 e. The summed E-state index contributed by atoms with van der Waals surface area (Å²) in [6.07, 6.45) is 0.575. The van der Waals surface area contributed by atoms with Gasteiger partial charge in [0.05, 0.1) is 30.7 Å². The highest BCUT2D eigenvalue weighted by Gasteiger charge is 2.46. The molecule has 0 bridgehead atoms. The van der Waals surface area contributed by atoms with Crippen LogP contribution in [0.1, 0.15) is 18.1 Å². The first-order valence-electron chi connectivity index (χ1n) is 7.20. The van der Waals surface area contributed by atoms with Gasteiger partial charge < -0.3 is 4.74 Å². The molecular weight excluding hydrogens is 508 g/mol. The summed E-state index contributed by atoms with van der Waals surface area (Å²) in [6, 6.07) is 0. The lowest BCUT2D eigenvalue weighted by atomic mass is 9.86.